The van der Waals surface area contributed by atoms with Gasteiger partial charge in [-0.15, -0.1) is 0 Å². The molecule has 0 spiro atoms. The summed E-state index contributed by atoms with van der Waals surface area (Å²) in [5.74, 6) is 2.47. The number of likely N-dealkylation sites (N-methyl/N-ethyl adjacent to an activating group) is 1. The lowest BCUT2D eigenvalue weighted by Gasteiger charge is -2.23. The van der Waals surface area contributed by atoms with Crippen molar-refractivity contribution in [2.75, 3.05) is 18.4 Å². The van der Waals surface area contributed by atoms with Gasteiger partial charge >= 0.3 is 0 Å². The lowest BCUT2D eigenvalue weighted by Crippen LogP contribution is -2.44. The van der Waals surface area contributed by atoms with Crippen molar-refractivity contribution in [2.45, 2.75) is 58.0 Å². The quantitative estimate of drug-likeness (QED) is 0.511. The maximum absolute atomic E-state index is 12.8. The molecule has 2 aliphatic rings. The van der Waals surface area contributed by atoms with Crippen LogP contribution in [0.4, 0.5) is 11.6 Å². The van der Waals surface area contributed by atoms with Crippen LogP contribution in [0.2, 0.25) is 0 Å². The van der Waals surface area contributed by atoms with Gasteiger partial charge in [-0.1, -0.05) is 0 Å². The molecule has 9 heteroatoms. The molecule has 1 aliphatic carbocycles. The fourth-order valence-corrected chi connectivity index (χ4v) is 4.79. The van der Waals surface area contributed by atoms with Crippen LogP contribution in [0.1, 0.15) is 56.2 Å². The molecule has 0 saturated carbocycles. The van der Waals surface area contributed by atoms with Crippen molar-refractivity contribution in [2.24, 2.45) is 0 Å². The van der Waals surface area contributed by atoms with E-state index in [1.165, 1.54) is 5.56 Å². The number of nitrogens with one attached hydrogen (secondary N) is 3. The molecule has 2 unspecified atom stereocenters. The number of carbonyl (C=O) groups excluding carboxylic acids is 1. The van der Waals surface area contributed by atoms with Gasteiger partial charge in [0, 0.05) is 48.4 Å². The first kappa shape index (κ1) is 21.5. The van der Waals surface area contributed by atoms with Crippen LogP contribution in [0.15, 0.2) is 30.6 Å². The van der Waals surface area contributed by atoms with Gasteiger partial charge in [-0.05, 0) is 58.1 Å². The molecule has 3 aromatic rings. The summed E-state index contributed by atoms with van der Waals surface area (Å²) in [6.07, 6.45) is 8.17. The van der Waals surface area contributed by atoms with Crippen LogP contribution in [0.5, 0.6) is 0 Å². The second-order valence-electron chi connectivity index (χ2n) is 8.60. The van der Waals surface area contributed by atoms with Crippen LogP contribution in [0.25, 0.3) is 11.3 Å². The van der Waals surface area contributed by atoms with Crippen LogP contribution in [-0.4, -0.2) is 55.1 Å². The van der Waals surface area contributed by atoms with E-state index >= 15 is 0 Å². The van der Waals surface area contributed by atoms with E-state index in [9.17, 15) is 4.79 Å². The van der Waals surface area contributed by atoms with Gasteiger partial charge < -0.3 is 10.2 Å². The molecule has 172 valence electrons. The van der Waals surface area contributed by atoms with Gasteiger partial charge in [0.25, 0.3) is 0 Å². The Morgan fingerprint density at radius 1 is 1.15 bits per heavy atom. The zero-order valence-corrected chi connectivity index (χ0v) is 19.1. The number of pyridine rings is 1. The number of aromatic amines is 1. The van der Waals surface area contributed by atoms with Crippen molar-refractivity contribution in [1.82, 2.24) is 35.4 Å². The normalized spacial score (nSPS) is 19.5. The Morgan fingerprint density at radius 2 is 1.97 bits per heavy atom. The average molecular weight is 447 g/mol. The minimum absolute atomic E-state index is 0.0208. The highest BCUT2D eigenvalue weighted by atomic mass is 16.2. The number of aromatic nitrogens is 5. The average Bonchev–Trinajstić information content (AvgIpc) is 3.61. The van der Waals surface area contributed by atoms with Gasteiger partial charge in [0.15, 0.2) is 5.82 Å². The predicted molar refractivity (Wildman–Crippen MR) is 126 cm³/mol. The van der Waals surface area contributed by atoms with Crippen molar-refractivity contribution in [3.05, 3.63) is 47.7 Å². The molecule has 1 fully saturated rings. The third kappa shape index (κ3) is 4.32. The maximum atomic E-state index is 12.8. The predicted octanol–water partition coefficient (Wildman–Crippen LogP) is 3.16. The van der Waals surface area contributed by atoms with E-state index in [-0.39, 0.29) is 18.0 Å². The van der Waals surface area contributed by atoms with E-state index in [0.717, 1.165) is 79.6 Å². The monoisotopic (exact) mass is 446 g/mol. The van der Waals surface area contributed by atoms with E-state index in [1.54, 1.807) is 12.4 Å². The topological polar surface area (TPSA) is 112 Å². The largest absolute Gasteiger partial charge is 0.342 e. The molecular weight excluding hydrogens is 416 g/mol. The molecule has 9 nitrogen and oxygen atoms in total. The van der Waals surface area contributed by atoms with E-state index in [0.29, 0.717) is 0 Å². The van der Waals surface area contributed by atoms with Crippen LogP contribution < -0.4 is 10.6 Å². The summed E-state index contributed by atoms with van der Waals surface area (Å²) in [6.45, 7) is 5.49. The molecule has 33 heavy (non-hydrogen) atoms. The number of anilines is 2. The van der Waals surface area contributed by atoms with Crippen LogP contribution in [-0.2, 0) is 17.6 Å². The highest BCUT2D eigenvalue weighted by Crippen LogP contribution is 2.33. The standard InChI is InChI=1S/C24H30N8O/c1-3-32(4-2)24(33)19-9-8-18(26-19)23-27-17-7-5-6-16(17)22(29-23)28-21-14-20(30-31-21)15-10-12-25-13-11-15/h10-14,18-19,26H,3-9H2,1-2H3,(H2,27,28,29,30,31). The van der Waals surface area contributed by atoms with Crippen molar-refractivity contribution >= 4 is 17.5 Å². The summed E-state index contributed by atoms with van der Waals surface area (Å²) in [7, 11) is 0. The Kier molecular flexibility index (Phi) is 6.04. The van der Waals surface area contributed by atoms with E-state index < -0.39 is 0 Å². The molecular formula is C24H30N8O. The number of carbonyl (C=O) groups is 1. The molecule has 1 aliphatic heterocycles. The summed E-state index contributed by atoms with van der Waals surface area (Å²) >= 11 is 0. The molecule has 0 radical (unpaired) electrons. The highest BCUT2D eigenvalue weighted by molar-refractivity contribution is 5.82. The van der Waals surface area contributed by atoms with Gasteiger partial charge in [-0.2, -0.15) is 5.10 Å². The summed E-state index contributed by atoms with van der Waals surface area (Å²) < 4.78 is 0. The Bertz CT molecular complexity index is 1120. The van der Waals surface area contributed by atoms with Crippen molar-refractivity contribution < 1.29 is 4.79 Å². The van der Waals surface area contributed by atoms with E-state index in [1.807, 2.05) is 36.9 Å². The Labute approximate surface area is 193 Å². The lowest BCUT2D eigenvalue weighted by atomic mass is 10.1. The van der Waals surface area contributed by atoms with Crippen molar-refractivity contribution in [3.63, 3.8) is 0 Å². The third-order valence-corrected chi connectivity index (χ3v) is 6.60. The Balaban J connectivity index is 1.37. The molecule has 0 aromatic carbocycles. The van der Waals surface area contributed by atoms with Crippen molar-refractivity contribution in [3.8, 4) is 11.3 Å². The SMILES string of the molecule is CCN(CC)C(=O)C1CCC(c2nc3c(c(Nc4cc(-c5ccncc5)[nH]n4)n2)CCC3)N1. The molecule has 4 heterocycles. The number of aryl methyl sites for hydroxylation is 1. The van der Waals surface area contributed by atoms with E-state index in [2.05, 4.69) is 25.8 Å². The van der Waals surface area contributed by atoms with Crippen LogP contribution >= 0.6 is 0 Å². The van der Waals surface area contributed by atoms with E-state index in [4.69, 9.17) is 9.97 Å². The number of amides is 1. The van der Waals surface area contributed by atoms with Gasteiger partial charge in [0.1, 0.15) is 11.6 Å². The number of fused-ring (bicyclic) bond motifs is 1. The molecule has 1 saturated heterocycles. The second kappa shape index (κ2) is 9.27. The fraction of sp³-hybridized carbons (Fsp3) is 0.458. The van der Waals surface area contributed by atoms with Gasteiger partial charge in [-0.25, -0.2) is 9.97 Å². The number of nitrogens with zero attached hydrogens (tertiary/aromatic N) is 5. The van der Waals surface area contributed by atoms with Crippen LogP contribution in [0, 0.1) is 0 Å². The fourth-order valence-electron chi connectivity index (χ4n) is 4.79. The summed E-state index contributed by atoms with van der Waals surface area (Å²) in [4.78, 5) is 28.6. The zero-order chi connectivity index (χ0) is 22.8. The number of rotatable bonds is 7. The van der Waals surface area contributed by atoms with Gasteiger partial charge in [-0.3, -0.25) is 20.2 Å². The summed E-state index contributed by atoms with van der Waals surface area (Å²) in [6, 6.07) is 5.68. The minimum Gasteiger partial charge on any atom is -0.342 e. The summed E-state index contributed by atoms with van der Waals surface area (Å²) in [5.41, 5.74) is 4.22. The Morgan fingerprint density at radius 3 is 2.76 bits per heavy atom. The molecule has 1 amide bonds. The highest BCUT2D eigenvalue weighted by Gasteiger charge is 2.34. The lowest BCUT2D eigenvalue weighted by molar-refractivity contribution is -0.132. The van der Waals surface area contributed by atoms with Crippen LogP contribution in [0.3, 0.4) is 0 Å². The first-order valence-corrected chi connectivity index (χ1v) is 11.8. The molecule has 3 aromatic heterocycles. The zero-order valence-electron chi connectivity index (χ0n) is 19.1. The molecule has 0 bridgehead atoms. The third-order valence-electron chi connectivity index (χ3n) is 6.60. The number of H-pyrrole nitrogens is 1. The molecule has 2 atom stereocenters. The first-order valence-electron chi connectivity index (χ1n) is 11.8. The Hall–Kier alpha value is -3.33. The summed E-state index contributed by atoms with van der Waals surface area (Å²) in [5, 5.41) is 14.4. The van der Waals surface area contributed by atoms with Crippen molar-refractivity contribution in [1.29, 1.82) is 0 Å². The second-order valence-corrected chi connectivity index (χ2v) is 8.60. The molecule has 5 rings (SSSR count). The maximum Gasteiger partial charge on any atom is 0.239 e. The smallest absolute Gasteiger partial charge is 0.239 e. The van der Waals surface area contributed by atoms with Gasteiger partial charge in [0.2, 0.25) is 5.91 Å². The number of hydrogen-bond acceptors (Lipinski definition) is 7. The first-order chi connectivity index (χ1) is 16.2. The van der Waals surface area contributed by atoms with Gasteiger partial charge in [0.05, 0.1) is 17.8 Å². The number of hydrogen-bond donors (Lipinski definition) is 3. The molecule has 3 N–H and O–H groups in total. The minimum atomic E-state index is -0.169.